The molecule has 0 aliphatic carbocycles. The first kappa shape index (κ1) is 13.9. The quantitative estimate of drug-likeness (QED) is 0.822. The standard InChI is InChI=1S/C14H18N4O2/c1-9-11(8-17-18(9)2)7-16-14(19)10-4-5-12(15)13(6-10)20-3/h4-6,8H,7,15H2,1-3H3,(H,16,19). The fraction of sp³-hybridized carbons (Fsp3) is 0.286. The molecule has 1 heterocycles. The Bertz CT molecular complexity index is 634. The van der Waals surface area contributed by atoms with Gasteiger partial charge in [0.15, 0.2) is 0 Å². The molecule has 2 rings (SSSR count). The monoisotopic (exact) mass is 274 g/mol. The second-order valence-electron chi connectivity index (χ2n) is 4.52. The lowest BCUT2D eigenvalue weighted by Crippen LogP contribution is -2.23. The van der Waals surface area contributed by atoms with Crippen molar-refractivity contribution < 1.29 is 9.53 Å². The van der Waals surface area contributed by atoms with Crippen molar-refractivity contribution in [2.24, 2.45) is 7.05 Å². The summed E-state index contributed by atoms with van der Waals surface area (Å²) in [6.07, 6.45) is 1.75. The molecule has 0 aliphatic rings. The Morgan fingerprint density at radius 2 is 2.25 bits per heavy atom. The van der Waals surface area contributed by atoms with Gasteiger partial charge < -0.3 is 15.8 Å². The van der Waals surface area contributed by atoms with Crippen LogP contribution >= 0.6 is 0 Å². The Morgan fingerprint density at radius 1 is 1.50 bits per heavy atom. The molecule has 3 N–H and O–H groups in total. The zero-order valence-electron chi connectivity index (χ0n) is 11.8. The van der Waals surface area contributed by atoms with Crippen molar-refractivity contribution in [3.63, 3.8) is 0 Å². The largest absolute Gasteiger partial charge is 0.495 e. The number of rotatable bonds is 4. The summed E-state index contributed by atoms with van der Waals surface area (Å²) in [6, 6.07) is 4.95. The van der Waals surface area contributed by atoms with Gasteiger partial charge in [-0.1, -0.05) is 0 Å². The third-order valence-corrected chi connectivity index (χ3v) is 3.27. The summed E-state index contributed by atoms with van der Waals surface area (Å²) in [5.74, 6) is 0.321. The van der Waals surface area contributed by atoms with Crippen LogP contribution in [0.1, 0.15) is 21.6 Å². The van der Waals surface area contributed by atoms with E-state index >= 15 is 0 Å². The molecule has 0 unspecified atom stereocenters. The highest BCUT2D eigenvalue weighted by molar-refractivity contribution is 5.95. The zero-order chi connectivity index (χ0) is 14.7. The van der Waals surface area contributed by atoms with Crippen LogP contribution in [0.15, 0.2) is 24.4 Å². The fourth-order valence-electron chi connectivity index (χ4n) is 1.85. The van der Waals surface area contributed by atoms with Crippen LogP contribution in [0.5, 0.6) is 5.75 Å². The number of methoxy groups -OCH3 is 1. The number of aryl methyl sites for hydroxylation is 1. The molecule has 0 radical (unpaired) electrons. The number of amides is 1. The van der Waals surface area contributed by atoms with Gasteiger partial charge in [0, 0.05) is 30.4 Å². The summed E-state index contributed by atoms with van der Waals surface area (Å²) in [6.45, 7) is 2.39. The highest BCUT2D eigenvalue weighted by Gasteiger charge is 2.10. The Labute approximate surface area is 117 Å². The SMILES string of the molecule is COc1cc(C(=O)NCc2cnn(C)c2C)ccc1N. The number of aromatic nitrogens is 2. The predicted molar refractivity (Wildman–Crippen MR) is 76.5 cm³/mol. The van der Waals surface area contributed by atoms with E-state index in [1.54, 1.807) is 29.1 Å². The maximum absolute atomic E-state index is 12.1. The molecular formula is C14H18N4O2. The lowest BCUT2D eigenvalue weighted by molar-refractivity contribution is 0.0950. The van der Waals surface area contributed by atoms with Gasteiger partial charge in [-0.15, -0.1) is 0 Å². The molecule has 0 spiro atoms. The van der Waals surface area contributed by atoms with Crippen LogP contribution in [-0.4, -0.2) is 22.8 Å². The minimum absolute atomic E-state index is 0.174. The van der Waals surface area contributed by atoms with Crippen LogP contribution in [-0.2, 0) is 13.6 Å². The first-order chi connectivity index (χ1) is 9.52. The molecule has 6 heteroatoms. The van der Waals surface area contributed by atoms with Gasteiger partial charge in [0.05, 0.1) is 19.0 Å². The van der Waals surface area contributed by atoms with Crippen LogP contribution < -0.4 is 15.8 Å². The molecule has 106 valence electrons. The van der Waals surface area contributed by atoms with E-state index in [2.05, 4.69) is 10.4 Å². The molecule has 1 amide bonds. The summed E-state index contributed by atoms with van der Waals surface area (Å²) in [5.41, 5.74) is 8.76. The van der Waals surface area contributed by atoms with Crippen molar-refractivity contribution in [2.45, 2.75) is 13.5 Å². The molecule has 2 aromatic rings. The molecule has 6 nitrogen and oxygen atoms in total. The number of nitrogens with two attached hydrogens (primary N) is 1. The summed E-state index contributed by atoms with van der Waals surface area (Å²) in [7, 11) is 3.39. The van der Waals surface area contributed by atoms with Gasteiger partial charge in [-0.25, -0.2) is 0 Å². The summed E-state index contributed by atoms with van der Waals surface area (Å²) >= 11 is 0. The number of hydrogen-bond donors (Lipinski definition) is 2. The molecule has 0 fully saturated rings. The first-order valence-electron chi connectivity index (χ1n) is 6.22. The summed E-state index contributed by atoms with van der Waals surface area (Å²) in [5, 5.41) is 6.99. The lowest BCUT2D eigenvalue weighted by Gasteiger charge is -2.08. The highest BCUT2D eigenvalue weighted by Crippen LogP contribution is 2.22. The van der Waals surface area contributed by atoms with E-state index in [9.17, 15) is 4.79 Å². The number of hydrogen-bond acceptors (Lipinski definition) is 4. The number of carbonyl (C=O) groups is 1. The third kappa shape index (κ3) is 2.74. The van der Waals surface area contributed by atoms with Crippen molar-refractivity contribution in [2.75, 3.05) is 12.8 Å². The molecular weight excluding hydrogens is 256 g/mol. The number of nitrogens with zero attached hydrogens (tertiary/aromatic N) is 2. The molecule has 0 bridgehead atoms. The Morgan fingerprint density at radius 3 is 2.85 bits per heavy atom. The Hall–Kier alpha value is -2.50. The van der Waals surface area contributed by atoms with E-state index in [0.717, 1.165) is 11.3 Å². The van der Waals surface area contributed by atoms with Gasteiger partial charge in [-0.05, 0) is 25.1 Å². The van der Waals surface area contributed by atoms with E-state index < -0.39 is 0 Å². The lowest BCUT2D eigenvalue weighted by atomic mass is 10.1. The van der Waals surface area contributed by atoms with E-state index in [-0.39, 0.29) is 5.91 Å². The average Bonchev–Trinajstić information content (AvgIpc) is 2.76. The van der Waals surface area contributed by atoms with Crippen LogP contribution in [0.3, 0.4) is 0 Å². The van der Waals surface area contributed by atoms with Crippen LogP contribution in [0.25, 0.3) is 0 Å². The van der Waals surface area contributed by atoms with Crippen LogP contribution in [0.4, 0.5) is 5.69 Å². The second kappa shape index (κ2) is 5.64. The molecule has 20 heavy (non-hydrogen) atoms. The van der Waals surface area contributed by atoms with Gasteiger partial charge >= 0.3 is 0 Å². The molecule has 1 aromatic carbocycles. The van der Waals surface area contributed by atoms with Gasteiger partial charge in [0.25, 0.3) is 5.91 Å². The minimum Gasteiger partial charge on any atom is -0.495 e. The molecule has 0 atom stereocenters. The second-order valence-corrected chi connectivity index (χ2v) is 4.52. The fourth-order valence-corrected chi connectivity index (χ4v) is 1.85. The van der Waals surface area contributed by atoms with Crippen molar-refractivity contribution in [3.8, 4) is 5.75 Å². The van der Waals surface area contributed by atoms with E-state index in [1.807, 2.05) is 14.0 Å². The number of nitrogens with one attached hydrogen (secondary N) is 1. The maximum Gasteiger partial charge on any atom is 0.251 e. The number of carbonyl (C=O) groups excluding carboxylic acids is 1. The Kier molecular flexibility index (Phi) is 3.93. The van der Waals surface area contributed by atoms with Crippen molar-refractivity contribution >= 4 is 11.6 Å². The van der Waals surface area contributed by atoms with Crippen LogP contribution in [0.2, 0.25) is 0 Å². The number of nitrogen functional groups attached to an aromatic ring is 1. The van der Waals surface area contributed by atoms with Crippen molar-refractivity contribution in [1.82, 2.24) is 15.1 Å². The smallest absolute Gasteiger partial charge is 0.251 e. The van der Waals surface area contributed by atoms with Crippen molar-refractivity contribution in [1.29, 1.82) is 0 Å². The topological polar surface area (TPSA) is 82.2 Å². The van der Waals surface area contributed by atoms with Gasteiger partial charge in [0.2, 0.25) is 0 Å². The third-order valence-electron chi connectivity index (χ3n) is 3.27. The maximum atomic E-state index is 12.1. The van der Waals surface area contributed by atoms with Crippen LogP contribution in [0, 0.1) is 6.92 Å². The zero-order valence-corrected chi connectivity index (χ0v) is 11.8. The van der Waals surface area contributed by atoms with Gasteiger partial charge in [-0.2, -0.15) is 5.10 Å². The predicted octanol–water partition coefficient (Wildman–Crippen LogP) is 1.25. The first-order valence-corrected chi connectivity index (χ1v) is 6.22. The molecule has 1 aromatic heterocycles. The summed E-state index contributed by atoms with van der Waals surface area (Å²) < 4.78 is 6.87. The Balaban J connectivity index is 2.07. The van der Waals surface area contributed by atoms with Gasteiger partial charge in [-0.3, -0.25) is 9.48 Å². The number of ether oxygens (including phenoxy) is 1. The van der Waals surface area contributed by atoms with E-state index in [1.165, 1.54) is 7.11 Å². The van der Waals surface area contributed by atoms with E-state index in [0.29, 0.717) is 23.5 Å². The average molecular weight is 274 g/mol. The van der Waals surface area contributed by atoms with E-state index in [4.69, 9.17) is 10.5 Å². The number of benzene rings is 1. The minimum atomic E-state index is -0.174. The molecule has 0 saturated carbocycles. The van der Waals surface area contributed by atoms with Gasteiger partial charge in [0.1, 0.15) is 5.75 Å². The van der Waals surface area contributed by atoms with Crippen molar-refractivity contribution in [3.05, 3.63) is 41.2 Å². The summed E-state index contributed by atoms with van der Waals surface area (Å²) in [4.78, 5) is 12.1. The molecule has 0 saturated heterocycles. The highest BCUT2D eigenvalue weighted by atomic mass is 16.5. The molecule has 0 aliphatic heterocycles. The normalized spacial score (nSPS) is 10.3. The number of anilines is 1.